The number of nitrogens with one attached hydrogen (secondary N) is 1. The Kier molecular flexibility index (Phi) is 5.57. The van der Waals surface area contributed by atoms with Gasteiger partial charge in [0.25, 0.3) is 11.8 Å². The maximum absolute atomic E-state index is 13.4. The number of urea groups is 1. The predicted octanol–water partition coefficient (Wildman–Crippen LogP) is 4.07. The number of rotatable bonds is 5. The molecule has 3 aromatic carbocycles. The average Bonchev–Trinajstić information content (AvgIpc) is 2.76. The summed E-state index contributed by atoms with van der Waals surface area (Å²) in [4.78, 5) is 38.5. The van der Waals surface area contributed by atoms with Crippen molar-refractivity contribution in [2.45, 2.75) is 6.61 Å². The number of ether oxygens (including phenoxy) is 1. The van der Waals surface area contributed by atoms with Gasteiger partial charge in [-0.3, -0.25) is 14.9 Å². The molecule has 0 unspecified atom stereocenters. The van der Waals surface area contributed by atoms with E-state index in [1.54, 1.807) is 66.7 Å². The maximum Gasteiger partial charge on any atom is 0.335 e. The summed E-state index contributed by atoms with van der Waals surface area (Å²) in [5, 5.41) is 2.19. The molecule has 0 aliphatic carbocycles. The Bertz CT molecular complexity index is 1190. The third-order valence-corrected chi connectivity index (χ3v) is 4.62. The van der Waals surface area contributed by atoms with Gasteiger partial charge in [0, 0.05) is 5.56 Å². The molecular weight excluding hydrogens is 399 g/mol. The fraction of sp³-hybridized carbons (Fsp3) is 0.0417. The lowest BCUT2D eigenvalue weighted by Crippen LogP contribution is -2.54. The molecule has 0 atom stereocenters. The molecule has 0 spiro atoms. The normalized spacial score (nSPS) is 15.2. The highest BCUT2D eigenvalue weighted by atomic mass is 19.1. The van der Waals surface area contributed by atoms with Crippen molar-refractivity contribution in [3.8, 4) is 5.75 Å². The number of carbonyl (C=O) groups excluding carboxylic acids is 3. The van der Waals surface area contributed by atoms with E-state index >= 15 is 0 Å². The number of barbiturate groups is 1. The van der Waals surface area contributed by atoms with Gasteiger partial charge in [0.05, 0.1) is 5.69 Å². The number of hydrogen-bond donors (Lipinski definition) is 1. The second-order valence-corrected chi connectivity index (χ2v) is 6.75. The smallest absolute Gasteiger partial charge is 0.335 e. The summed E-state index contributed by atoms with van der Waals surface area (Å²) >= 11 is 0. The van der Waals surface area contributed by atoms with Gasteiger partial charge in [0.2, 0.25) is 0 Å². The minimum atomic E-state index is -0.811. The van der Waals surface area contributed by atoms with Crippen LogP contribution in [0.1, 0.15) is 11.1 Å². The van der Waals surface area contributed by atoms with E-state index in [-0.39, 0.29) is 18.0 Å². The van der Waals surface area contributed by atoms with E-state index in [1.807, 2.05) is 0 Å². The molecule has 1 saturated heterocycles. The largest absolute Gasteiger partial charge is 0.488 e. The van der Waals surface area contributed by atoms with Crippen LogP contribution in [0.2, 0.25) is 0 Å². The SMILES string of the molecule is O=C1NC(=O)N(c2ccccc2)C(=O)C1=Cc1ccccc1OCc1cccc(F)c1. The van der Waals surface area contributed by atoms with E-state index in [0.717, 1.165) is 4.90 Å². The number of nitrogens with zero attached hydrogens (tertiary/aromatic N) is 1. The molecule has 3 aromatic rings. The van der Waals surface area contributed by atoms with Crippen LogP contribution >= 0.6 is 0 Å². The number of imide groups is 2. The first-order valence-corrected chi connectivity index (χ1v) is 9.46. The van der Waals surface area contributed by atoms with Crippen molar-refractivity contribution in [1.82, 2.24) is 5.32 Å². The zero-order valence-corrected chi connectivity index (χ0v) is 16.2. The second-order valence-electron chi connectivity index (χ2n) is 6.75. The number of hydrogen-bond acceptors (Lipinski definition) is 4. The zero-order chi connectivity index (χ0) is 21.8. The minimum Gasteiger partial charge on any atom is -0.488 e. The van der Waals surface area contributed by atoms with Gasteiger partial charge >= 0.3 is 6.03 Å². The number of carbonyl (C=O) groups is 3. The molecule has 1 aliphatic rings. The van der Waals surface area contributed by atoms with Crippen molar-refractivity contribution < 1.29 is 23.5 Å². The summed E-state index contributed by atoms with van der Waals surface area (Å²) in [5.74, 6) is -1.49. The molecule has 4 rings (SSSR count). The van der Waals surface area contributed by atoms with Crippen molar-refractivity contribution in [2.75, 3.05) is 4.90 Å². The molecule has 154 valence electrons. The highest BCUT2D eigenvalue weighted by Gasteiger charge is 2.36. The molecule has 1 N–H and O–H groups in total. The van der Waals surface area contributed by atoms with Crippen LogP contribution in [0.25, 0.3) is 6.08 Å². The van der Waals surface area contributed by atoms with Crippen LogP contribution in [0.3, 0.4) is 0 Å². The Morgan fingerprint density at radius 3 is 2.42 bits per heavy atom. The van der Waals surface area contributed by atoms with Crippen LogP contribution < -0.4 is 15.0 Å². The molecule has 0 bridgehead atoms. The topological polar surface area (TPSA) is 75.7 Å². The van der Waals surface area contributed by atoms with Crippen LogP contribution in [0.4, 0.5) is 14.9 Å². The molecule has 31 heavy (non-hydrogen) atoms. The highest BCUT2D eigenvalue weighted by Crippen LogP contribution is 2.26. The number of halogens is 1. The summed E-state index contributed by atoms with van der Waals surface area (Å²) < 4.78 is 19.2. The van der Waals surface area contributed by atoms with E-state index in [9.17, 15) is 18.8 Å². The molecule has 7 heteroatoms. The van der Waals surface area contributed by atoms with Gasteiger partial charge in [-0.15, -0.1) is 0 Å². The van der Waals surface area contributed by atoms with Crippen LogP contribution in [0, 0.1) is 5.82 Å². The van der Waals surface area contributed by atoms with Crippen LogP contribution in [0.5, 0.6) is 5.75 Å². The molecule has 0 aromatic heterocycles. The Labute approximate surface area is 177 Å². The predicted molar refractivity (Wildman–Crippen MR) is 113 cm³/mol. The summed E-state index contributed by atoms with van der Waals surface area (Å²) in [6.07, 6.45) is 1.38. The van der Waals surface area contributed by atoms with Gasteiger partial charge in [-0.1, -0.05) is 48.5 Å². The van der Waals surface area contributed by atoms with Crippen molar-refractivity contribution >= 4 is 29.6 Å². The molecular formula is C24H17FN2O4. The minimum absolute atomic E-state index is 0.104. The van der Waals surface area contributed by atoms with E-state index in [1.165, 1.54) is 18.2 Å². The van der Waals surface area contributed by atoms with Gasteiger partial charge in [0.15, 0.2) is 0 Å². The third kappa shape index (κ3) is 4.35. The first kappa shape index (κ1) is 20.0. The lowest BCUT2D eigenvalue weighted by Gasteiger charge is -2.26. The molecule has 6 nitrogen and oxygen atoms in total. The Morgan fingerprint density at radius 1 is 0.903 bits per heavy atom. The highest BCUT2D eigenvalue weighted by molar-refractivity contribution is 6.39. The fourth-order valence-corrected chi connectivity index (χ4v) is 3.14. The summed E-state index contributed by atoms with van der Waals surface area (Å²) in [6.45, 7) is 0.104. The second kappa shape index (κ2) is 8.62. The molecule has 1 aliphatic heterocycles. The monoisotopic (exact) mass is 416 g/mol. The molecule has 0 radical (unpaired) electrons. The lowest BCUT2D eigenvalue weighted by atomic mass is 10.1. The quantitative estimate of drug-likeness (QED) is 0.503. The van der Waals surface area contributed by atoms with Gasteiger partial charge in [-0.2, -0.15) is 0 Å². The average molecular weight is 416 g/mol. The lowest BCUT2D eigenvalue weighted by molar-refractivity contribution is -0.122. The van der Waals surface area contributed by atoms with Crippen molar-refractivity contribution in [2.24, 2.45) is 0 Å². The maximum atomic E-state index is 13.4. The number of para-hydroxylation sites is 2. The van der Waals surface area contributed by atoms with E-state index in [4.69, 9.17) is 4.74 Å². The van der Waals surface area contributed by atoms with Gasteiger partial charge < -0.3 is 4.74 Å². The number of benzene rings is 3. The molecule has 4 amide bonds. The fourth-order valence-electron chi connectivity index (χ4n) is 3.14. The summed E-state index contributed by atoms with van der Waals surface area (Å²) in [6, 6.07) is 20.4. The number of anilines is 1. The van der Waals surface area contributed by atoms with Crippen LogP contribution in [-0.4, -0.2) is 17.8 Å². The van der Waals surface area contributed by atoms with Crippen LogP contribution in [-0.2, 0) is 16.2 Å². The zero-order valence-electron chi connectivity index (χ0n) is 16.2. The summed E-state index contributed by atoms with van der Waals surface area (Å²) in [7, 11) is 0. The first-order valence-electron chi connectivity index (χ1n) is 9.46. The van der Waals surface area contributed by atoms with Crippen molar-refractivity contribution in [3.05, 3.63) is 101 Å². The number of amides is 4. The van der Waals surface area contributed by atoms with E-state index < -0.39 is 17.8 Å². The van der Waals surface area contributed by atoms with Gasteiger partial charge in [-0.05, 0) is 42.0 Å². The first-order chi connectivity index (χ1) is 15.0. The van der Waals surface area contributed by atoms with Crippen molar-refractivity contribution in [3.63, 3.8) is 0 Å². The third-order valence-electron chi connectivity index (χ3n) is 4.62. The van der Waals surface area contributed by atoms with Gasteiger partial charge in [0.1, 0.15) is 23.7 Å². The molecule has 1 fully saturated rings. The Balaban J connectivity index is 1.63. The van der Waals surface area contributed by atoms with E-state index in [0.29, 0.717) is 22.6 Å². The van der Waals surface area contributed by atoms with Gasteiger partial charge in [-0.25, -0.2) is 14.1 Å². The molecule has 1 heterocycles. The standard InChI is InChI=1S/C24H17FN2O4/c25-18-9-6-7-16(13-18)15-31-21-12-5-4-8-17(21)14-20-22(28)26-24(30)27(23(20)29)19-10-2-1-3-11-19/h1-14H,15H2,(H,26,28,30). The van der Waals surface area contributed by atoms with E-state index in [2.05, 4.69) is 5.32 Å². The Morgan fingerprint density at radius 2 is 1.65 bits per heavy atom. The Hall–Kier alpha value is -4.26. The van der Waals surface area contributed by atoms with Crippen LogP contribution in [0.15, 0.2) is 84.4 Å². The summed E-state index contributed by atoms with van der Waals surface area (Å²) in [5.41, 5.74) is 1.25. The molecule has 0 saturated carbocycles. The van der Waals surface area contributed by atoms with Crippen molar-refractivity contribution in [1.29, 1.82) is 0 Å².